The van der Waals surface area contributed by atoms with Crippen LogP contribution in [0.5, 0.6) is 0 Å². The Bertz CT molecular complexity index is 872. The third-order valence-corrected chi connectivity index (χ3v) is 5.74. The highest BCUT2D eigenvalue weighted by molar-refractivity contribution is 6.13. The summed E-state index contributed by atoms with van der Waals surface area (Å²) in [6.45, 7) is 8.96. The molecule has 1 aliphatic carbocycles. The van der Waals surface area contributed by atoms with Crippen LogP contribution in [0, 0.1) is 0 Å². The molecule has 0 unspecified atom stereocenters. The molecule has 1 aliphatic heterocycles. The van der Waals surface area contributed by atoms with E-state index in [0.717, 1.165) is 35.6 Å². The maximum Gasteiger partial charge on any atom is 0.107 e. The second-order valence-corrected chi connectivity index (χ2v) is 7.72. The molecule has 0 amide bonds. The Morgan fingerprint density at radius 1 is 0.917 bits per heavy atom. The van der Waals surface area contributed by atoms with Gasteiger partial charge in [-0.3, -0.25) is 9.98 Å². The minimum absolute atomic E-state index is 0.0303. The van der Waals surface area contributed by atoms with Crippen LogP contribution >= 0.6 is 0 Å². The number of allylic oxidation sites excluding steroid dienone is 2. The average Bonchev–Trinajstić information content (AvgIpc) is 2.58. The molecule has 1 aromatic heterocycles. The number of rotatable bonds is 1. The van der Waals surface area contributed by atoms with Gasteiger partial charge in [0.2, 0.25) is 0 Å². The largest absolute Gasteiger partial charge is 0.275 e. The zero-order valence-corrected chi connectivity index (χ0v) is 14.8. The van der Waals surface area contributed by atoms with E-state index in [9.17, 15) is 0 Å². The molecule has 0 bridgehead atoms. The highest BCUT2D eigenvalue weighted by Gasteiger charge is 2.43. The first-order valence-electron chi connectivity index (χ1n) is 8.60. The third kappa shape index (κ3) is 2.15. The Balaban J connectivity index is 1.91. The van der Waals surface area contributed by atoms with Gasteiger partial charge in [-0.25, -0.2) is 4.98 Å². The van der Waals surface area contributed by atoms with Crippen molar-refractivity contribution in [2.45, 2.75) is 51.5 Å². The van der Waals surface area contributed by atoms with Crippen molar-refractivity contribution in [3.05, 3.63) is 70.8 Å². The van der Waals surface area contributed by atoms with Gasteiger partial charge in [-0.15, -0.1) is 0 Å². The van der Waals surface area contributed by atoms with Gasteiger partial charge in [-0.2, -0.15) is 0 Å². The number of aromatic nitrogens is 2. The van der Waals surface area contributed by atoms with Crippen molar-refractivity contribution in [1.82, 2.24) is 9.97 Å². The first-order valence-corrected chi connectivity index (χ1v) is 8.60. The lowest BCUT2D eigenvalue weighted by molar-refractivity contribution is 0.303. The van der Waals surface area contributed by atoms with E-state index in [1.54, 1.807) is 0 Å². The maximum atomic E-state index is 5.12. The van der Waals surface area contributed by atoms with Crippen molar-refractivity contribution >= 4 is 5.71 Å². The Morgan fingerprint density at radius 3 is 2.42 bits per heavy atom. The SMILES string of the molecule is CC1(C)N=C(c2cnc3c(n2)CC=CC3)c2ccccc2C1(C)C. The first kappa shape index (κ1) is 15.3. The molecule has 2 heterocycles. The molecule has 0 saturated heterocycles. The van der Waals surface area contributed by atoms with E-state index in [4.69, 9.17) is 9.98 Å². The summed E-state index contributed by atoms with van der Waals surface area (Å²) >= 11 is 0. The molecule has 122 valence electrons. The van der Waals surface area contributed by atoms with Crippen molar-refractivity contribution in [2.24, 2.45) is 4.99 Å². The molecule has 0 saturated carbocycles. The van der Waals surface area contributed by atoms with Crippen molar-refractivity contribution in [2.75, 3.05) is 0 Å². The summed E-state index contributed by atoms with van der Waals surface area (Å²) in [5.74, 6) is 0. The molecule has 2 aliphatic rings. The fraction of sp³-hybridized carbons (Fsp3) is 0.381. The summed E-state index contributed by atoms with van der Waals surface area (Å²) in [4.78, 5) is 14.7. The minimum Gasteiger partial charge on any atom is -0.275 e. The molecule has 24 heavy (non-hydrogen) atoms. The normalized spacial score (nSPS) is 20.1. The third-order valence-electron chi connectivity index (χ3n) is 5.74. The van der Waals surface area contributed by atoms with E-state index in [1.165, 1.54) is 11.1 Å². The van der Waals surface area contributed by atoms with Crippen LogP contribution in [0.15, 0.2) is 47.6 Å². The monoisotopic (exact) mass is 317 g/mol. The highest BCUT2D eigenvalue weighted by atomic mass is 14.9. The molecule has 0 spiro atoms. The van der Waals surface area contributed by atoms with Gasteiger partial charge in [0.05, 0.1) is 28.8 Å². The minimum atomic E-state index is -0.200. The van der Waals surface area contributed by atoms with Crippen molar-refractivity contribution < 1.29 is 0 Å². The van der Waals surface area contributed by atoms with E-state index in [-0.39, 0.29) is 11.0 Å². The van der Waals surface area contributed by atoms with Gasteiger partial charge in [-0.1, -0.05) is 50.3 Å². The van der Waals surface area contributed by atoms with Crippen LogP contribution in [0.3, 0.4) is 0 Å². The van der Waals surface area contributed by atoms with Crippen LogP contribution in [0.2, 0.25) is 0 Å². The molecule has 0 radical (unpaired) electrons. The summed E-state index contributed by atoms with van der Waals surface area (Å²) in [6.07, 6.45) is 7.96. The van der Waals surface area contributed by atoms with E-state index in [2.05, 4.69) is 69.1 Å². The molecule has 3 heteroatoms. The predicted molar refractivity (Wildman–Crippen MR) is 97.8 cm³/mol. The van der Waals surface area contributed by atoms with Crippen LogP contribution < -0.4 is 0 Å². The molecule has 0 fully saturated rings. The summed E-state index contributed by atoms with van der Waals surface area (Å²) < 4.78 is 0. The second-order valence-electron chi connectivity index (χ2n) is 7.72. The molecule has 4 rings (SSSR count). The zero-order chi connectivity index (χ0) is 16.9. The summed E-state index contributed by atoms with van der Waals surface area (Å²) in [5.41, 5.74) is 6.32. The summed E-state index contributed by atoms with van der Waals surface area (Å²) in [6, 6.07) is 8.58. The van der Waals surface area contributed by atoms with Gasteiger partial charge in [0.15, 0.2) is 0 Å². The summed E-state index contributed by atoms with van der Waals surface area (Å²) in [7, 11) is 0. The topological polar surface area (TPSA) is 38.1 Å². The molecule has 1 aromatic carbocycles. The fourth-order valence-corrected chi connectivity index (χ4v) is 3.53. The van der Waals surface area contributed by atoms with Gasteiger partial charge in [0.25, 0.3) is 0 Å². The Hall–Kier alpha value is -2.29. The van der Waals surface area contributed by atoms with E-state index >= 15 is 0 Å². The lowest BCUT2D eigenvalue weighted by Crippen LogP contribution is -2.46. The zero-order valence-electron chi connectivity index (χ0n) is 14.8. The molecular formula is C21H23N3. The number of fused-ring (bicyclic) bond motifs is 2. The van der Waals surface area contributed by atoms with Crippen LogP contribution in [-0.2, 0) is 18.3 Å². The van der Waals surface area contributed by atoms with Crippen LogP contribution in [0.1, 0.15) is 55.9 Å². The summed E-state index contributed by atoms with van der Waals surface area (Å²) in [5, 5.41) is 0. The quantitative estimate of drug-likeness (QED) is 0.745. The second kappa shape index (κ2) is 5.10. The van der Waals surface area contributed by atoms with Gasteiger partial charge in [0, 0.05) is 23.8 Å². The Labute approximate surface area is 143 Å². The van der Waals surface area contributed by atoms with Gasteiger partial charge in [0.1, 0.15) is 5.69 Å². The fourth-order valence-electron chi connectivity index (χ4n) is 3.53. The lowest BCUT2D eigenvalue weighted by atomic mass is 9.66. The highest BCUT2D eigenvalue weighted by Crippen LogP contribution is 2.43. The lowest BCUT2D eigenvalue weighted by Gasteiger charge is -2.44. The van der Waals surface area contributed by atoms with Crippen molar-refractivity contribution in [1.29, 1.82) is 0 Å². The van der Waals surface area contributed by atoms with Crippen LogP contribution in [0.4, 0.5) is 0 Å². The molecule has 3 nitrogen and oxygen atoms in total. The predicted octanol–water partition coefficient (Wildman–Crippen LogP) is 4.04. The standard InChI is InChI=1S/C21H23N3/c1-20(2)15-10-6-5-9-14(15)19(24-21(20,3)4)18-13-22-16-11-7-8-12-17(16)23-18/h5-10,13H,11-12H2,1-4H3. The average molecular weight is 317 g/mol. The number of hydrogen-bond donors (Lipinski definition) is 0. The van der Waals surface area contributed by atoms with Crippen LogP contribution in [0.25, 0.3) is 0 Å². The number of nitrogens with zero attached hydrogens (tertiary/aromatic N) is 3. The molecule has 0 N–H and O–H groups in total. The van der Waals surface area contributed by atoms with Gasteiger partial charge < -0.3 is 0 Å². The maximum absolute atomic E-state index is 5.12. The van der Waals surface area contributed by atoms with Crippen LogP contribution in [-0.4, -0.2) is 21.2 Å². The Kier molecular flexibility index (Phi) is 3.24. The van der Waals surface area contributed by atoms with Crippen molar-refractivity contribution in [3.63, 3.8) is 0 Å². The molecular weight excluding hydrogens is 294 g/mol. The van der Waals surface area contributed by atoms with Crippen molar-refractivity contribution in [3.8, 4) is 0 Å². The van der Waals surface area contributed by atoms with E-state index in [1.807, 2.05) is 6.20 Å². The van der Waals surface area contributed by atoms with Gasteiger partial charge in [-0.05, 0) is 19.4 Å². The van der Waals surface area contributed by atoms with E-state index < -0.39 is 0 Å². The smallest absolute Gasteiger partial charge is 0.107 e. The first-order chi connectivity index (χ1) is 11.4. The van der Waals surface area contributed by atoms with E-state index in [0.29, 0.717) is 0 Å². The Morgan fingerprint density at radius 2 is 1.62 bits per heavy atom. The number of aliphatic imine (C=N–C) groups is 1. The van der Waals surface area contributed by atoms with Gasteiger partial charge >= 0.3 is 0 Å². The number of hydrogen-bond acceptors (Lipinski definition) is 3. The molecule has 2 aromatic rings. The number of benzene rings is 1. The molecule has 0 atom stereocenters.